The Morgan fingerprint density at radius 1 is 0.949 bits per heavy atom. The minimum atomic E-state index is -4.17. The number of hydrogen-bond acceptors (Lipinski definition) is 4. The van der Waals surface area contributed by atoms with E-state index in [1.54, 1.807) is 62.4 Å². The average molecular weight is 591 g/mol. The van der Waals surface area contributed by atoms with Gasteiger partial charge >= 0.3 is 0 Å². The summed E-state index contributed by atoms with van der Waals surface area (Å²) in [6.45, 7) is 7.12. The number of benzene rings is 3. The molecule has 3 aromatic carbocycles. The van der Waals surface area contributed by atoms with Gasteiger partial charge in [-0.15, -0.1) is 0 Å². The molecule has 0 aromatic heterocycles. The van der Waals surface area contributed by atoms with Gasteiger partial charge < -0.3 is 10.2 Å². The van der Waals surface area contributed by atoms with Crippen LogP contribution in [0, 0.1) is 13.8 Å². The van der Waals surface area contributed by atoms with E-state index in [9.17, 15) is 18.0 Å². The first-order valence-electron chi connectivity index (χ1n) is 12.6. The molecule has 0 aliphatic carbocycles. The summed E-state index contributed by atoms with van der Waals surface area (Å²) < 4.78 is 28.8. The molecule has 0 saturated heterocycles. The van der Waals surface area contributed by atoms with Crippen molar-refractivity contribution in [2.24, 2.45) is 0 Å². The molecule has 208 valence electrons. The number of rotatable bonds is 11. The molecule has 1 N–H and O–H groups in total. The first-order valence-corrected chi connectivity index (χ1v) is 14.8. The summed E-state index contributed by atoms with van der Waals surface area (Å²) in [4.78, 5) is 28.2. The van der Waals surface area contributed by atoms with Crippen LogP contribution in [-0.2, 0) is 26.2 Å². The maximum absolute atomic E-state index is 13.9. The topological polar surface area (TPSA) is 86.8 Å². The SMILES string of the molecule is CCCNC(=O)[C@H](C)N(Cc1ccccc1Cl)C(=O)CN(c1ccc(C)c(Cl)c1)S(=O)(=O)c1ccc(C)cc1. The van der Waals surface area contributed by atoms with Crippen molar-refractivity contribution in [1.82, 2.24) is 10.2 Å². The number of aryl methyl sites for hydroxylation is 2. The van der Waals surface area contributed by atoms with E-state index in [4.69, 9.17) is 23.2 Å². The fourth-order valence-electron chi connectivity index (χ4n) is 3.89. The number of hydrogen-bond donors (Lipinski definition) is 1. The zero-order valence-corrected chi connectivity index (χ0v) is 24.8. The molecule has 7 nitrogen and oxygen atoms in total. The van der Waals surface area contributed by atoms with Gasteiger partial charge in [0.15, 0.2) is 0 Å². The van der Waals surface area contributed by atoms with Crippen molar-refractivity contribution in [2.75, 3.05) is 17.4 Å². The summed E-state index contributed by atoms with van der Waals surface area (Å²) in [5.41, 5.74) is 2.53. The zero-order chi connectivity index (χ0) is 28.7. The molecule has 1 atom stereocenters. The zero-order valence-electron chi connectivity index (χ0n) is 22.4. The number of amides is 2. The fourth-order valence-corrected chi connectivity index (χ4v) is 5.67. The Morgan fingerprint density at radius 3 is 2.23 bits per heavy atom. The van der Waals surface area contributed by atoms with Crippen LogP contribution >= 0.6 is 23.2 Å². The average Bonchev–Trinajstić information content (AvgIpc) is 2.91. The third-order valence-electron chi connectivity index (χ3n) is 6.35. The van der Waals surface area contributed by atoms with E-state index in [0.29, 0.717) is 22.2 Å². The van der Waals surface area contributed by atoms with Crippen molar-refractivity contribution in [1.29, 1.82) is 0 Å². The second kappa shape index (κ2) is 13.3. The molecule has 0 fully saturated rings. The van der Waals surface area contributed by atoms with E-state index < -0.39 is 28.5 Å². The summed E-state index contributed by atoms with van der Waals surface area (Å²) >= 11 is 12.7. The maximum atomic E-state index is 13.9. The van der Waals surface area contributed by atoms with E-state index in [1.165, 1.54) is 23.1 Å². The Labute approximate surface area is 240 Å². The van der Waals surface area contributed by atoms with Gasteiger partial charge in [-0.2, -0.15) is 0 Å². The molecule has 10 heteroatoms. The van der Waals surface area contributed by atoms with Crippen LogP contribution in [0.4, 0.5) is 5.69 Å². The highest BCUT2D eigenvalue weighted by Crippen LogP contribution is 2.29. The van der Waals surface area contributed by atoms with Crippen LogP contribution in [0.15, 0.2) is 71.6 Å². The Kier molecular flexibility index (Phi) is 10.4. The van der Waals surface area contributed by atoms with Crippen LogP contribution in [0.2, 0.25) is 10.0 Å². The minimum Gasteiger partial charge on any atom is -0.354 e. The maximum Gasteiger partial charge on any atom is 0.264 e. The van der Waals surface area contributed by atoms with Gasteiger partial charge in [0.2, 0.25) is 11.8 Å². The van der Waals surface area contributed by atoms with Crippen molar-refractivity contribution in [3.63, 3.8) is 0 Å². The van der Waals surface area contributed by atoms with Crippen LogP contribution in [0.25, 0.3) is 0 Å². The van der Waals surface area contributed by atoms with Crippen molar-refractivity contribution in [3.05, 3.63) is 93.5 Å². The standard InChI is InChI=1S/C29H33Cl2N3O4S/c1-5-16-32-29(36)22(4)33(18-23-8-6-7-9-26(23)30)28(35)19-34(24-13-12-21(3)27(31)17-24)39(37,38)25-14-10-20(2)11-15-25/h6-15,17,22H,5,16,18-19H2,1-4H3,(H,32,36)/t22-/m0/s1. The molecular formula is C29H33Cl2N3O4S. The molecular weight excluding hydrogens is 557 g/mol. The Balaban J connectivity index is 2.05. The predicted molar refractivity (Wildman–Crippen MR) is 157 cm³/mol. The summed E-state index contributed by atoms with van der Waals surface area (Å²) in [6, 6.07) is 17.3. The molecule has 0 unspecified atom stereocenters. The highest BCUT2D eigenvalue weighted by atomic mass is 35.5. The molecule has 39 heavy (non-hydrogen) atoms. The lowest BCUT2D eigenvalue weighted by Crippen LogP contribution is -2.51. The highest BCUT2D eigenvalue weighted by Gasteiger charge is 2.33. The third kappa shape index (κ3) is 7.53. The van der Waals surface area contributed by atoms with Crippen LogP contribution in [-0.4, -0.2) is 44.3 Å². The fraction of sp³-hybridized carbons (Fsp3) is 0.310. The molecule has 2 amide bonds. The number of carbonyl (C=O) groups excluding carboxylic acids is 2. The number of nitrogens with one attached hydrogen (secondary N) is 1. The van der Waals surface area contributed by atoms with Crippen LogP contribution in [0.1, 0.15) is 37.0 Å². The van der Waals surface area contributed by atoms with E-state index in [1.807, 2.05) is 13.8 Å². The van der Waals surface area contributed by atoms with Crippen molar-refractivity contribution in [3.8, 4) is 0 Å². The third-order valence-corrected chi connectivity index (χ3v) is 8.91. The second-order valence-electron chi connectivity index (χ2n) is 9.34. The highest BCUT2D eigenvalue weighted by molar-refractivity contribution is 7.92. The lowest BCUT2D eigenvalue weighted by atomic mass is 10.1. The lowest BCUT2D eigenvalue weighted by Gasteiger charge is -2.32. The molecule has 0 spiro atoms. The normalized spacial score (nSPS) is 12.1. The molecule has 3 rings (SSSR count). The first kappa shape index (κ1) is 30.5. The van der Waals surface area contributed by atoms with Crippen molar-refractivity contribution in [2.45, 2.75) is 51.6 Å². The number of anilines is 1. The molecule has 0 heterocycles. The summed E-state index contributed by atoms with van der Waals surface area (Å²) in [5, 5.41) is 3.61. The quantitative estimate of drug-likeness (QED) is 0.308. The summed E-state index contributed by atoms with van der Waals surface area (Å²) in [5.74, 6) is -0.912. The molecule has 3 aromatic rings. The van der Waals surface area contributed by atoms with E-state index in [-0.39, 0.29) is 23.0 Å². The van der Waals surface area contributed by atoms with Gasteiger partial charge in [0, 0.05) is 23.1 Å². The Bertz CT molecular complexity index is 1430. The largest absolute Gasteiger partial charge is 0.354 e. The second-order valence-corrected chi connectivity index (χ2v) is 12.0. The summed E-state index contributed by atoms with van der Waals surface area (Å²) in [7, 11) is -4.17. The van der Waals surface area contributed by atoms with E-state index in [2.05, 4.69) is 5.32 Å². The van der Waals surface area contributed by atoms with Gasteiger partial charge in [-0.25, -0.2) is 8.42 Å². The van der Waals surface area contributed by atoms with Gasteiger partial charge in [-0.3, -0.25) is 13.9 Å². The van der Waals surface area contributed by atoms with Gasteiger partial charge in [-0.1, -0.05) is 72.1 Å². The van der Waals surface area contributed by atoms with Crippen molar-refractivity contribution >= 4 is 50.7 Å². The number of carbonyl (C=O) groups is 2. The van der Waals surface area contributed by atoms with Gasteiger partial charge in [0.05, 0.1) is 10.6 Å². The minimum absolute atomic E-state index is 0.0201. The Hall–Kier alpha value is -3.07. The van der Waals surface area contributed by atoms with Crippen LogP contribution < -0.4 is 9.62 Å². The van der Waals surface area contributed by atoms with E-state index in [0.717, 1.165) is 21.9 Å². The number of nitrogens with zero attached hydrogens (tertiary/aromatic N) is 2. The number of halogens is 2. The Morgan fingerprint density at radius 2 is 1.62 bits per heavy atom. The monoisotopic (exact) mass is 589 g/mol. The van der Waals surface area contributed by atoms with Gasteiger partial charge in [0.25, 0.3) is 10.0 Å². The molecule has 0 bridgehead atoms. The molecule has 0 aliphatic rings. The molecule has 0 radical (unpaired) electrons. The predicted octanol–water partition coefficient (Wildman–Crippen LogP) is 5.75. The smallest absolute Gasteiger partial charge is 0.264 e. The molecule has 0 saturated carbocycles. The first-order chi connectivity index (χ1) is 18.4. The van der Waals surface area contributed by atoms with Crippen LogP contribution in [0.5, 0.6) is 0 Å². The summed E-state index contributed by atoms with van der Waals surface area (Å²) in [6.07, 6.45) is 0.730. The van der Waals surface area contributed by atoms with Crippen LogP contribution in [0.3, 0.4) is 0 Å². The van der Waals surface area contributed by atoms with E-state index >= 15 is 0 Å². The van der Waals surface area contributed by atoms with Crippen molar-refractivity contribution < 1.29 is 18.0 Å². The van der Waals surface area contributed by atoms with Gasteiger partial charge in [0.1, 0.15) is 12.6 Å². The lowest BCUT2D eigenvalue weighted by molar-refractivity contribution is -0.139. The van der Waals surface area contributed by atoms with Gasteiger partial charge in [-0.05, 0) is 68.7 Å². The number of sulfonamides is 1. The molecule has 0 aliphatic heterocycles.